The second-order valence-electron chi connectivity index (χ2n) is 6.62. The highest BCUT2D eigenvalue weighted by Crippen LogP contribution is 2.33. The number of carbonyl (C=O) groups is 1. The minimum atomic E-state index is -0.380. The quantitative estimate of drug-likeness (QED) is 0.620. The summed E-state index contributed by atoms with van der Waals surface area (Å²) < 4.78 is 21.1. The second-order valence-corrected chi connectivity index (χ2v) is 8.22. The number of methoxy groups -OCH3 is 1. The van der Waals surface area contributed by atoms with E-state index in [1.54, 1.807) is 15.6 Å². The molecule has 0 atom stereocenters. The number of carbonyl (C=O) groups excluding carboxylic acids is 1. The zero-order valence-corrected chi connectivity index (χ0v) is 17.3. The van der Waals surface area contributed by atoms with E-state index in [2.05, 4.69) is 5.10 Å². The molecule has 1 heterocycles. The van der Waals surface area contributed by atoms with Gasteiger partial charge in [0.15, 0.2) is 15.5 Å². The van der Waals surface area contributed by atoms with E-state index in [1.807, 2.05) is 24.9 Å². The largest absolute Gasteiger partial charge is 0.494 e. The predicted molar refractivity (Wildman–Crippen MR) is 106 cm³/mol. The number of hydrogen-bond donors (Lipinski definition) is 0. The van der Waals surface area contributed by atoms with Crippen LogP contribution in [0.15, 0.2) is 18.2 Å². The third-order valence-corrected chi connectivity index (χ3v) is 5.64. The number of nitrogens with zero attached hydrogens (tertiary/aromatic N) is 4. The first-order chi connectivity index (χ1) is 12.9. The van der Waals surface area contributed by atoms with E-state index in [4.69, 9.17) is 17.0 Å². The lowest BCUT2D eigenvalue weighted by Gasteiger charge is -2.19. The van der Waals surface area contributed by atoms with Gasteiger partial charge in [0.2, 0.25) is 11.0 Å². The Bertz CT molecular complexity index is 878. The first-order valence-corrected chi connectivity index (χ1v) is 10.1. The van der Waals surface area contributed by atoms with Crippen molar-refractivity contribution in [1.82, 2.24) is 14.7 Å². The SMILES string of the molecule is CCC(=O)N(c1nn(CN(C)Cc2ccc(OC)c(F)c2)c(=S)s1)C1CC1. The fourth-order valence-electron chi connectivity index (χ4n) is 2.85. The Morgan fingerprint density at radius 2 is 2.22 bits per heavy atom. The summed E-state index contributed by atoms with van der Waals surface area (Å²) in [6, 6.07) is 5.18. The van der Waals surface area contributed by atoms with E-state index in [1.165, 1.54) is 24.5 Å². The lowest BCUT2D eigenvalue weighted by molar-refractivity contribution is -0.118. The van der Waals surface area contributed by atoms with Gasteiger partial charge in [0, 0.05) is 19.0 Å². The molecular formula is C18H23FN4O2S2. The number of amides is 1. The number of hydrogen-bond acceptors (Lipinski definition) is 6. The van der Waals surface area contributed by atoms with Crippen LogP contribution in [-0.4, -0.2) is 40.8 Å². The summed E-state index contributed by atoms with van der Waals surface area (Å²) >= 11 is 6.80. The van der Waals surface area contributed by atoms with Crippen molar-refractivity contribution in [2.24, 2.45) is 0 Å². The maximum absolute atomic E-state index is 13.9. The molecule has 1 aromatic carbocycles. The van der Waals surface area contributed by atoms with Gasteiger partial charge < -0.3 is 4.74 Å². The van der Waals surface area contributed by atoms with Gasteiger partial charge >= 0.3 is 0 Å². The number of aromatic nitrogens is 2. The molecule has 1 aromatic heterocycles. The summed E-state index contributed by atoms with van der Waals surface area (Å²) in [4.78, 5) is 16.0. The number of ether oxygens (including phenoxy) is 1. The Morgan fingerprint density at radius 1 is 1.48 bits per heavy atom. The molecule has 0 N–H and O–H groups in total. The van der Waals surface area contributed by atoms with E-state index < -0.39 is 0 Å². The van der Waals surface area contributed by atoms with Crippen LogP contribution in [0.4, 0.5) is 9.52 Å². The Morgan fingerprint density at radius 3 is 2.81 bits per heavy atom. The first kappa shape index (κ1) is 19.9. The number of benzene rings is 1. The second kappa shape index (κ2) is 8.45. The molecule has 1 amide bonds. The van der Waals surface area contributed by atoms with Crippen molar-refractivity contribution in [3.05, 3.63) is 33.5 Å². The zero-order valence-electron chi connectivity index (χ0n) is 15.6. The third-order valence-electron chi connectivity index (χ3n) is 4.33. The number of rotatable bonds is 8. The lowest BCUT2D eigenvalue weighted by Crippen LogP contribution is -2.32. The van der Waals surface area contributed by atoms with Crippen molar-refractivity contribution < 1.29 is 13.9 Å². The molecule has 0 unspecified atom stereocenters. The summed E-state index contributed by atoms with van der Waals surface area (Å²) in [5, 5.41) is 5.23. The first-order valence-electron chi connectivity index (χ1n) is 8.84. The molecule has 1 fully saturated rings. The smallest absolute Gasteiger partial charge is 0.228 e. The van der Waals surface area contributed by atoms with E-state index in [9.17, 15) is 9.18 Å². The molecule has 1 aliphatic rings. The molecule has 27 heavy (non-hydrogen) atoms. The summed E-state index contributed by atoms with van der Waals surface area (Å²) in [6.07, 6.45) is 2.48. The van der Waals surface area contributed by atoms with E-state index in [-0.39, 0.29) is 23.5 Å². The number of halogens is 1. The molecule has 0 spiro atoms. The summed E-state index contributed by atoms with van der Waals surface area (Å²) in [6.45, 7) is 2.85. The Labute approximate surface area is 167 Å². The van der Waals surface area contributed by atoms with E-state index in [0.717, 1.165) is 18.4 Å². The van der Waals surface area contributed by atoms with Crippen molar-refractivity contribution in [2.45, 2.75) is 45.4 Å². The summed E-state index contributed by atoms with van der Waals surface area (Å²) in [5.41, 5.74) is 0.832. The van der Waals surface area contributed by atoms with Crippen molar-refractivity contribution in [3.63, 3.8) is 0 Å². The van der Waals surface area contributed by atoms with Gasteiger partial charge in [-0.2, -0.15) is 0 Å². The average molecular weight is 411 g/mol. The van der Waals surface area contributed by atoms with Crippen LogP contribution in [0.1, 0.15) is 31.7 Å². The third kappa shape index (κ3) is 4.72. The van der Waals surface area contributed by atoms with E-state index >= 15 is 0 Å². The van der Waals surface area contributed by atoms with Crippen LogP contribution in [0.2, 0.25) is 0 Å². The molecule has 3 rings (SSSR count). The maximum Gasteiger partial charge on any atom is 0.228 e. The maximum atomic E-state index is 13.9. The topological polar surface area (TPSA) is 50.6 Å². The lowest BCUT2D eigenvalue weighted by atomic mass is 10.2. The minimum Gasteiger partial charge on any atom is -0.494 e. The van der Waals surface area contributed by atoms with Gasteiger partial charge in [0.1, 0.15) is 0 Å². The van der Waals surface area contributed by atoms with Gasteiger partial charge in [0.25, 0.3) is 0 Å². The Balaban J connectivity index is 1.70. The normalized spacial score (nSPS) is 13.8. The molecule has 1 aliphatic carbocycles. The van der Waals surface area contributed by atoms with Crippen molar-refractivity contribution in [1.29, 1.82) is 0 Å². The van der Waals surface area contributed by atoms with Crippen LogP contribution in [0, 0.1) is 9.77 Å². The van der Waals surface area contributed by atoms with Gasteiger partial charge in [-0.05, 0) is 49.8 Å². The molecule has 0 aliphatic heterocycles. The average Bonchev–Trinajstić information content (AvgIpc) is 3.39. The Hall–Kier alpha value is -1.84. The van der Waals surface area contributed by atoms with Crippen LogP contribution in [-0.2, 0) is 18.0 Å². The molecule has 2 aromatic rings. The summed E-state index contributed by atoms with van der Waals surface area (Å²) in [7, 11) is 3.36. The monoisotopic (exact) mass is 410 g/mol. The fourth-order valence-corrected chi connectivity index (χ4v) is 4.02. The van der Waals surface area contributed by atoms with Gasteiger partial charge in [-0.3, -0.25) is 14.6 Å². The standard InChI is InChI=1S/C18H23FN4O2S2/c1-4-16(24)23(13-6-7-13)17-20-22(18(26)27-17)11-21(2)10-12-5-8-15(25-3)14(19)9-12/h5,8-9,13H,4,6-7,10-11H2,1-3H3. The molecule has 146 valence electrons. The molecule has 9 heteroatoms. The van der Waals surface area contributed by atoms with Crippen molar-refractivity contribution in [2.75, 3.05) is 19.1 Å². The van der Waals surface area contributed by atoms with Crippen LogP contribution in [0.5, 0.6) is 5.75 Å². The molecule has 6 nitrogen and oxygen atoms in total. The molecule has 0 saturated heterocycles. The molecule has 1 saturated carbocycles. The minimum absolute atomic E-state index is 0.0791. The van der Waals surface area contributed by atoms with Gasteiger partial charge in [-0.25, -0.2) is 9.07 Å². The predicted octanol–water partition coefficient (Wildman–Crippen LogP) is 3.82. The fraction of sp³-hybridized carbons (Fsp3) is 0.500. The Kier molecular flexibility index (Phi) is 6.23. The van der Waals surface area contributed by atoms with Crippen molar-refractivity contribution in [3.8, 4) is 5.75 Å². The van der Waals surface area contributed by atoms with Crippen LogP contribution in [0.25, 0.3) is 0 Å². The highest BCUT2D eigenvalue weighted by Gasteiger charge is 2.35. The van der Waals surface area contributed by atoms with Gasteiger partial charge in [-0.15, -0.1) is 5.10 Å². The van der Waals surface area contributed by atoms with Gasteiger partial charge in [-0.1, -0.05) is 24.3 Å². The van der Waals surface area contributed by atoms with Crippen LogP contribution < -0.4 is 9.64 Å². The van der Waals surface area contributed by atoms with Crippen LogP contribution in [0.3, 0.4) is 0 Å². The highest BCUT2D eigenvalue weighted by molar-refractivity contribution is 7.73. The summed E-state index contributed by atoms with van der Waals surface area (Å²) in [5.74, 6) is -0.0712. The van der Waals surface area contributed by atoms with Crippen molar-refractivity contribution >= 4 is 34.6 Å². The van der Waals surface area contributed by atoms with E-state index in [0.29, 0.717) is 28.7 Å². The zero-order chi connectivity index (χ0) is 19.6. The molecular weight excluding hydrogens is 387 g/mol. The highest BCUT2D eigenvalue weighted by atomic mass is 32.1. The van der Waals surface area contributed by atoms with Crippen LogP contribution >= 0.6 is 23.6 Å². The molecule has 0 radical (unpaired) electrons. The molecule has 0 bridgehead atoms. The number of anilines is 1. The van der Waals surface area contributed by atoms with Gasteiger partial charge in [0.05, 0.1) is 13.8 Å².